The van der Waals surface area contributed by atoms with E-state index in [0.717, 1.165) is 0 Å². The third-order valence-electron chi connectivity index (χ3n) is 2.12. The van der Waals surface area contributed by atoms with Crippen LogP contribution in [0.15, 0.2) is 41.6 Å². The third-order valence-corrected chi connectivity index (χ3v) is 2.12. The maximum atomic E-state index is 10.8. The van der Waals surface area contributed by atoms with Gasteiger partial charge in [-0.25, -0.2) is 4.79 Å². The van der Waals surface area contributed by atoms with Gasteiger partial charge in [0.25, 0.3) is 0 Å². The summed E-state index contributed by atoms with van der Waals surface area (Å²) in [4.78, 5) is 17.2. The van der Waals surface area contributed by atoms with Crippen LogP contribution in [0.3, 0.4) is 0 Å². The molecule has 0 amide bonds. The van der Waals surface area contributed by atoms with Crippen LogP contribution in [0.25, 0.3) is 0 Å². The highest BCUT2D eigenvalue weighted by Crippen LogP contribution is 1.95. The molecular weight excluding hydrogens is 218 g/mol. The van der Waals surface area contributed by atoms with Crippen molar-refractivity contribution in [3.05, 3.63) is 53.0 Å². The molecule has 0 radical (unpaired) electrons. The molecule has 2 heterocycles. The van der Waals surface area contributed by atoms with Crippen molar-refractivity contribution < 1.29 is 5.11 Å². The first-order valence-corrected chi connectivity index (χ1v) is 5.41. The van der Waals surface area contributed by atoms with Gasteiger partial charge < -0.3 is 10.1 Å². The monoisotopic (exact) mass is 235 g/mol. The summed E-state index contributed by atoms with van der Waals surface area (Å²) in [6.45, 7) is 3.96. The third kappa shape index (κ3) is 4.24. The Hall–Kier alpha value is -1.88. The summed E-state index contributed by atoms with van der Waals surface area (Å²) in [5, 5.41) is 8.48. The molecule has 2 aromatic heterocycles. The molecule has 0 spiro atoms. The maximum absolute atomic E-state index is 10.8. The van der Waals surface area contributed by atoms with Gasteiger partial charge in [0.1, 0.15) is 0 Å². The van der Waals surface area contributed by atoms with Crippen LogP contribution >= 0.6 is 0 Å². The molecule has 0 fully saturated rings. The van der Waals surface area contributed by atoms with Crippen LogP contribution in [0.1, 0.15) is 25.6 Å². The minimum Gasteiger partial charge on any atom is -0.390 e. The van der Waals surface area contributed by atoms with Gasteiger partial charge in [-0.05, 0) is 26.0 Å². The standard InChI is InChI=1S/C6H10N2O.C6H7NO/c1-5(2)8-4-3-7-6(8)9;8-5-6-3-1-2-4-7-6/h3-5H,1-2H3,(H,7,9);1-4,8H,5H2. The van der Waals surface area contributed by atoms with Gasteiger partial charge in [0.05, 0.1) is 12.3 Å². The van der Waals surface area contributed by atoms with Crippen LogP contribution in [-0.4, -0.2) is 19.6 Å². The van der Waals surface area contributed by atoms with Gasteiger partial charge in [0.15, 0.2) is 0 Å². The highest BCUT2D eigenvalue weighted by Gasteiger charge is 1.97. The van der Waals surface area contributed by atoms with Crippen LogP contribution in [0, 0.1) is 0 Å². The highest BCUT2D eigenvalue weighted by molar-refractivity contribution is 5.01. The van der Waals surface area contributed by atoms with Crippen molar-refractivity contribution in [3.63, 3.8) is 0 Å². The van der Waals surface area contributed by atoms with E-state index in [1.807, 2.05) is 26.0 Å². The molecule has 5 nitrogen and oxygen atoms in total. The molecule has 2 N–H and O–H groups in total. The Morgan fingerprint density at radius 3 is 2.53 bits per heavy atom. The molecule has 0 atom stereocenters. The summed E-state index contributed by atoms with van der Waals surface area (Å²) < 4.78 is 1.64. The van der Waals surface area contributed by atoms with Crippen molar-refractivity contribution in [1.82, 2.24) is 14.5 Å². The molecule has 0 aliphatic rings. The lowest BCUT2D eigenvalue weighted by molar-refractivity contribution is 0.277. The van der Waals surface area contributed by atoms with E-state index in [9.17, 15) is 4.79 Å². The number of imidazole rings is 1. The Morgan fingerprint density at radius 2 is 2.24 bits per heavy atom. The van der Waals surface area contributed by atoms with E-state index in [2.05, 4.69) is 9.97 Å². The SMILES string of the molecule is CC(C)n1cc[nH]c1=O.OCc1ccccn1. The second kappa shape index (κ2) is 6.65. The molecule has 0 unspecified atom stereocenters. The molecule has 0 saturated heterocycles. The summed E-state index contributed by atoms with van der Waals surface area (Å²) >= 11 is 0. The van der Waals surface area contributed by atoms with Gasteiger partial charge >= 0.3 is 5.69 Å². The van der Waals surface area contributed by atoms with Crippen LogP contribution in [0.4, 0.5) is 0 Å². The zero-order chi connectivity index (χ0) is 12.7. The molecule has 0 saturated carbocycles. The molecule has 2 rings (SSSR count). The fourth-order valence-corrected chi connectivity index (χ4v) is 1.23. The Morgan fingerprint density at radius 1 is 1.47 bits per heavy atom. The largest absolute Gasteiger partial charge is 0.390 e. The zero-order valence-electron chi connectivity index (χ0n) is 10.00. The van der Waals surface area contributed by atoms with Crippen molar-refractivity contribution in [3.8, 4) is 0 Å². The number of hydrogen-bond donors (Lipinski definition) is 2. The van der Waals surface area contributed by atoms with Gasteiger partial charge in [0, 0.05) is 24.6 Å². The molecule has 0 aliphatic carbocycles. The van der Waals surface area contributed by atoms with Crippen LogP contribution < -0.4 is 5.69 Å². The summed E-state index contributed by atoms with van der Waals surface area (Å²) in [5.74, 6) is 0. The number of aromatic amines is 1. The number of aliphatic hydroxyl groups excluding tert-OH is 1. The van der Waals surface area contributed by atoms with Crippen molar-refractivity contribution in [2.45, 2.75) is 26.5 Å². The fraction of sp³-hybridized carbons (Fsp3) is 0.333. The zero-order valence-corrected chi connectivity index (χ0v) is 10.00. The number of pyridine rings is 1. The topological polar surface area (TPSA) is 70.9 Å². The number of aromatic nitrogens is 3. The van der Waals surface area contributed by atoms with Crippen molar-refractivity contribution in [2.75, 3.05) is 0 Å². The van der Waals surface area contributed by atoms with Gasteiger partial charge in [-0.15, -0.1) is 0 Å². The molecule has 0 aromatic carbocycles. The van der Waals surface area contributed by atoms with E-state index in [1.165, 1.54) is 0 Å². The van der Waals surface area contributed by atoms with E-state index >= 15 is 0 Å². The summed E-state index contributed by atoms with van der Waals surface area (Å²) in [6.07, 6.45) is 5.04. The molecule has 0 bridgehead atoms. The van der Waals surface area contributed by atoms with Gasteiger partial charge in [0.2, 0.25) is 0 Å². The predicted octanol–water partition coefficient (Wildman–Crippen LogP) is 1.33. The molecular formula is C12H17N3O2. The molecule has 0 aliphatic heterocycles. The lowest BCUT2D eigenvalue weighted by atomic mass is 10.4. The maximum Gasteiger partial charge on any atom is 0.325 e. The Kier molecular flexibility index (Phi) is 5.16. The second-order valence-electron chi connectivity index (χ2n) is 3.75. The Balaban J connectivity index is 0.000000171. The second-order valence-corrected chi connectivity index (χ2v) is 3.75. The van der Waals surface area contributed by atoms with Crippen LogP contribution in [0.5, 0.6) is 0 Å². The molecule has 5 heteroatoms. The minimum atomic E-state index is -0.0370. The summed E-state index contributed by atoms with van der Waals surface area (Å²) in [7, 11) is 0. The van der Waals surface area contributed by atoms with E-state index in [4.69, 9.17) is 5.11 Å². The first-order valence-electron chi connectivity index (χ1n) is 5.41. The smallest absolute Gasteiger partial charge is 0.325 e. The number of nitrogens with zero attached hydrogens (tertiary/aromatic N) is 2. The first-order chi connectivity index (χ1) is 8.15. The molecule has 2 aromatic rings. The number of aliphatic hydroxyl groups is 1. The Labute approximate surface area is 99.8 Å². The lowest BCUT2D eigenvalue weighted by Gasteiger charge is -2.01. The van der Waals surface area contributed by atoms with Crippen LogP contribution in [0.2, 0.25) is 0 Å². The van der Waals surface area contributed by atoms with Gasteiger partial charge in [-0.1, -0.05) is 6.07 Å². The number of hydrogen-bond acceptors (Lipinski definition) is 3. The Bertz CT molecular complexity index is 474. The molecule has 17 heavy (non-hydrogen) atoms. The summed E-state index contributed by atoms with van der Waals surface area (Å²) in [5.41, 5.74) is 0.678. The lowest BCUT2D eigenvalue weighted by Crippen LogP contribution is -2.17. The predicted molar refractivity (Wildman–Crippen MR) is 65.6 cm³/mol. The quantitative estimate of drug-likeness (QED) is 0.825. The number of nitrogens with one attached hydrogen (secondary N) is 1. The van der Waals surface area contributed by atoms with E-state index in [-0.39, 0.29) is 18.3 Å². The van der Waals surface area contributed by atoms with E-state index < -0.39 is 0 Å². The van der Waals surface area contributed by atoms with Crippen molar-refractivity contribution in [1.29, 1.82) is 0 Å². The molecule has 92 valence electrons. The van der Waals surface area contributed by atoms with Gasteiger partial charge in [-0.3, -0.25) is 9.55 Å². The first kappa shape index (κ1) is 13.2. The average Bonchev–Trinajstić information content (AvgIpc) is 2.77. The highest BCUT2D eigenvalue weighted by atomic mass is 16.3. The van der Waals surface area contributed by atoms with Gasteiger partial charge in [-0.2, -0.15) is 0 Å². The van der Waals surface area contributed by atoms with Crippen molar-refractivity contribution >= 4 is 0 Å². The van der Waals surface area contributed by atoms with Crippen molar-refractivity contribution in [2.24, 2.45) is 0 Å². The normalized spacial score (nSPS) is 9.88. The number of H-pyrrole nitrogens is 1. The fourth-order valence-electron chi connectivity index (χ4n) is 1.23. The summed E-state index contributed by atoms with van der Waals surface area (Å²) in [6, 6.07) is 5.70. The number of rotatable bonds is 2. The van der Waals surface area contributed by atoms with E-state index in [0.29, 0.717) is 5.69 Å². The average molecular weight is 235 g/mol. The van der Waals surface area contributed by atoms with Crippen LogP contribution in [-0.2, 0) is 6.61 Å². The van der Waals surface area contributed by atoms with E-state index in [1.54, 1.807) is 29.2 Å². The minimum absolute atomic E-state index is 0.0286.